The van der Waals surface area contributed by atoms with E-state index < -0.39 is 0 Å². The maximum atomic E-state index is 11.7. The molecule has 1 aromatic rings. The van der Waals surface area contributed by atoms with E-state index in [0.717, 1.165) is 16.5 Å². The molecule has 0 aromatic heterocycles. The van der Waals surface area contributed by atoms with Gasteiger partial charge in [0.1, 0.15) is 0 Å². The van der Waals surface area contributed by atoms with Crippen LogP contribution in [0.5, 0.6) is 0 Å². The van der Waals surface area contributed by atoms with Crippen LogP contribution >= 0.6 is 15.9 Å². The highest BCUT2D eigenvalue weighted by Gasteiger charge is 2.40. The minimum Gasteiger partial charge on any atom is -0.455 e. The lowest BCUT2D eigenvalue weighted by molar-refractivity contribution is -0.150. The second-order valence-corrected chi connectivity index (χ2v) is 6.18. The van der Waals surface area contributed by atoms with E-state index in [1.807, 2.05) is 38.1 Å². The zero-order valence-corrected chi connectivity index (χ0v) is 13.1. The summed E-state index contributed by atoms with van der Waals surface area (Å²) in [4.78, 5) is 23.2. The molecule has 5 heteroatoms. The largest absolute Gasteiger partial charge is 0.455 e. The first kappa shape index (κ1) is 15.0. The maximum Gasteiger partial charge on any atom is 0.309 e. The molecule has 4 nitrogen and oxygen atoms in total. The number of carbonyl (C=O) groups excluding carboxylic acids is 2. The number of rotatable bonds is 5. The Labute approximate surface area is 127 Å². The molecule has 0 spiro atoms. The highest BCUT2D eigenvalue weighted by molar-refractivity contribution is 9.10. The summed E-state index contributed by atoms with van der Waals surface area (Å²) in [6.07, 6.45) is 0.871. The molecule has 0 unspecified atom stereocenters. The van der Waals surface area contributed by atoms with E-state index in [4.69, 9.17) is 4.74 Å². The van der Waals surface area contributed by atoms with Crippen LogP contribution in [0.1, 0.15) is 31.9 Å². The summed E-state index contributed by atoms with van der Waals surface area (Å²) < 4.78 is 5.99. The second kappa shape index (κ2) is 6.39. The van der Waals surface area contributed by atoms with E-state index in [0.29, 0.717) is 5.92 Å². The number of nitrogens with one attached hydrogen (secondary N) is 1. The van der Waals surface area contributed by atoms with Gasteiger partial charge < -0.3 is 10.1 Å². The van der Waals surface area contributed by atoms with E-state index in [-0.39, 0.29) is 30.4 Å². The van der Waals surface area contributed by atoms with Crippen molar-refractivity contribution in [3.63, 3.8) is 0 Å². The lowest BCUT2D eigenvalue weighted by atomic mass is 10.1. The summed E-state index contributed by atoms with van der Waals surface area (Å²) in [5, 5.41) is 2.81. The van der Waals surface area contributed by atoms with Crippen molar-refractivity contribution < 1.29 is 14.3 Å². The fraction of sp³-hybridized carbons (Fsp3) is 0.467. The van der Waals surface area contributed by atoms with Crippen LogP contribution in [0.2, 0.25) is 0 Å². The van der Waals surface area contributed by atoms with Crippen LogP contribution in [0, 0.1) is 11.8 Å². The van der Waals surface area contributed by atoms with Gasteiger partial charge in [0, 0.05) is 4.47 Å². The van der Waals surface area contributed by atoms with E-state index in [1.165, 1.54) is 0 Å². The normalized spacial score (nSPS) is 21.9. The van der Waals surface area contributed by atoms with E-state index in [2.05, 4.69) is 21.2 Å². The zero-order valence-electron chi connectivity index (χ0n) is 11.6. The number of esters is 1. The maximum absolute atomic E-state index is 11.7. The average molecular weight is 340 g/mol. The third-order valence-electron chi connectivity index (χ3n) is 3.51. The van der Waals surface area contributed by atoms with Crippen molar-refractivity contribution in [3.05, 3.63) is 34.3 Å². The number of ether oxygens (including phenoxy) is 1. The first-order valence-electron chi connectivity index (χ1n) is 6.69. The Morgan fingerprint density at radius 1 is 1.40 bits per heavy atom. The molecule has 1 aromatic carbocycles. The van der Waals surface area contributed by atoms with Gasteiger partial charge in [-0.15, -0.1) is 0 Å². The SMILES string of the molecule is C[C@H](NC(=O)COC(=O)[C@H]1C[C@H]1C)c1ccc(Br)cc1. The predicted molar refractivity (Wildman–Crippen MR) is 78.9 cm³/mol. The van der Waals surface area contributed by atoms with Crippen molar-refractivity contribution in [2.24, 2.45) is 11.8 Å². The molecule has 1 aliphatic carbocycles. The van der Waals surface area contributed by atoms with Crippen molar-refractivity contribution in [3.8, 4) is 0 Å². The average Bonchev–Trinajstić information content (AvgIpc) is 3.14. The Balaban J connectivity index is 1.76. The molecule has 1 saturated carbocycles. The molecule has 20 heavy (non-hydrogen) atoms. The molecule has 3 atom stereocenters. The Bertz CT molecular complexity index is 500. The minimum atomic E-state index is -0.276. The molecule has 0 saturated heterocycles. The lowest BCUT2D eigenvalue weighted by Gasteiger charge is -2.14. The van der Waals surface area contributed by atoms with Crippen LogP contribution in [0.25, 0.3) is 0 Å². The topological polar surface area (TPSA) is 55.4 Å². The van der Waals surface area contributed by atoms with Gasteiger partial charge in [0.25, 0.3) is 5.91 Å². The minimum absolute atomic E-state index is 0.00769. The van der Waals surface area contributed by atoms with Crippen molar-refractivity contribution in [2.45, 2.75) is 26.3 Å². The summed E-state index contributed by atoms with van der Waals surface area (Å²) in [7, 11) is 0. The van der Waals surface area contributed by atoms with Crippen molar-refractivity contribution >= 4 is 27.8 Å². The summed E-state index contributed by atoms with van der Waals surface area (Å²) in [5.41, 5.74) is 1.00. The van der Waals surface area contributed by atoms with Crippen LogP contribution in [0.15, 0.2) is 28.7 Å². The van der Waals surface area contributed by atoms with E-state index in [9.17, 15) is 9.59 Å². The molecule has 1 amide bonds. The van der Waals surface area contributed by atoms with Crippen molar-refractivity contribution in [1.29, 1.82) is 0 Å². The molecule has 0 heterocycles. The first-order chi connectivity index (χ1) is 9.47. The van der Waals surface area contributed by atoms with Crippen LogP contribution in [-0.2, 0) is 14.3 Å². The fourth-order valence-electron chi connectivity index (χ4n) is 2.01. The quantitative estimate of drug-likeness (QED) is 0.839. The summed E-state index contributed by atoms with van der Waals surface area (Å²) in [6, 6.07) is 7.60. The Hall–Kier alpha value is -1.36. The van der Waals surface area contributed by atoms with Gasteiger partial charge >= 0.3 is 5.97 Å². The molecular weight excluding hydrogens is 322 g/mol. The third kappa shape index (κ3) is 4.07. The van der Waals surface area contributed by atoms with Gasteiger partial charge in [-0.3, -0.25) is 9.59 Å². The highest BCUT2D eigenvalue weighted by atomic mass is 79.9. The molecule has 1 fully saturated rings. The van der Waals surface area contributed by atoms with Gasteiger partial charge in [-0.1, -0.05) is 35.0 Å². The second-order valence-electron chi connectivity index (χ2n) is 5.27. The van der Waals surface area contributed by atoms with Crippen molar-refractivity contribution in [2.75, 3.05) is 6.61 Å². The molecule has 1 N–H and O–H groups in total. The van der Waals surface area contributed by atoms with Crippen LogP contribution in [0.3, 0.4) is 0 Å². The predicted octanol–water partition coefficient (Wildman–Crippen LogP) is 2.83. The number of halogens is 1. The first-order valence-corrected chi connectivity index (χ1v) is 7.48. The van der Waals surface area contributed by atoms with E-state index in [1.54, 1.807) is 0 Å². The summed E-state index contributed by atoms with van der Waals surface area (Å²) in [6.45, 7) is 3.69. The molecule has 1 aliphatic rings. The molecule has 0 bridgehead atoms. The molecule has 108 valence electrons. The smallest absolute Gasteiger partial charge is 0.309 e. The summed E-state index contributed by atoms with van der Waals surface area (Å²) in [5.74, 6) is -0.148. The Morgan fingerprint density at radius 3 is 2.55 bits per heavy atom. The zero-order chi connectivity index (χ0) is 14.7. The Morgan fingerprint density at radius 2 is 2.00 bits per heavy atom. The van der Waals surface area contributed by atoms with Crippen LogP contribution in [-0.4, -0.2) is 18.5 Å². The van der Waals surface area contributed by atoms with Gasteiger partial charge in [-0.2, -0.15) is 0 Å². The Kier molecular flexibility index (Phi) is 4.81. The standard InChI is InChI=1S/C15H18BrNO3/c1-9-7-13(9)15(19)20-8-14(18)17-10(2)11-3-5-12(16)6-4-11/h3-6,9-10,13H,7-8H2,1-2H3,(H,17,18)/t9-,10+,13+/m1/s1. The molecule has 0 aliphatic heterocycles. The number of hydrogen-bond donors (Lipinski definition) is 1. The van der Waals surface area contributed by atoms with Crippen molar-refractivity contribution in [1.82, 2.24) is 5.32 Å². The number of amides is 1. The van der Waals surface area contributed by atoms with Gasteiger partial charge in [0.15, 0.2) is 6.61 Å². The van der Waals surface area contributed by atoms with Gasteiger partial charge in [0.2, 0.25) is 0 Å². The summed E-state index contributed by atoms with van der Waals surface area (Å²) >= 11 is 3.37. The molecule has 0 radical (unpaired) electrons. The number of benzene rings is 1. The van der Waals surface area contributed by atoms with Gasteiger partial charge in [0.05, 0.1) is 12.0 Å². The molecular formula is C15H18BrNO3. The van der Waals surface area contributed by atoms with Crippen LogP contribution < -0.4 is 5.32 Å². The highest BCUT2D eigenvalue weighted by Crippen LogP contribution is 2.38. The van der Waals surface area contributed by atoms with Gasteiger partial charge in [-0.25, -0.2) is 0 Å². The van der Waals surface area contributed by atoms with E-state index >= 15 is 0 Å². The molecule has 2 rings (SSSR count). The lowest BCUT2D eigenvalue weighted by Crippen LogP contribution is -2.31. The third-order valence-corrected chi connectivity index (χ3v) is 4.03. The fourth-order valence-corrected chi connectivity index (χ4v) is 2.28. The monoisotopic (exact) mass is 339 g/mol. The van der Waals surface area contributed by atoms with Crippen LogP contribution in [0.4, 0.5) is 0 Å². The number of carbonyl (C=O) groups is 2. The number of hydrogen-bond acceptors (Lipinski definition) is 3. The van der Waals surface area contributed by atoms with Gasteiger partial charge in [-0.05, 0) is 37.0 Å².